The zero-order valence-corrected chi connectivity index (χ0v) is 16.7. The summed E-state index contributed by atoms with van der Waals surface area (Å²) in [6, 6.07) is 20.7. The third kappa shape index (κ3) is 4.79. The monoisotopic (exact) mass is 418 g/mol. The van der Waals surface area contributed by atoms with Gasteiger partial charge in [-0.2, -0.15) is 0 Å². The van der Waals surface area contributed by atoms with Crippen molar-refractivity contribution < 1.29 is 14.1 Å². The average molecular weight is 418 g/mol. The molecule has 0 bridgehead atoms. The van der Waals surface area contributed by atoms with Crippen LogP contribution in [0.1, 0.15) is 15.5 Å². The highest BCUT2D eigenvalue weighted by Crippen LogP contribution is 2.21. The normalized spacial score (nSPS) is 10.5. The molecule has 0 atom stereocenters. The van der Waals surface area contributed by atoms with Crippen molar-refractivity contribution in [3.8, 4) is 22.6 Å². The second-order valence-electron chi connectivity index (χ2n) is 6.39. The molecule has 0 saturated heterocycles. The number of benzene rings is 2. The minimum atomic E-state index is -0.475. The molecule has 30 heavy (non-hydrogen) atoms. The van der Waals surface area contributed by atoms with Gasteiger partial charge in [-0.05, 0) is 0 Å². The second-order valence-corrected chi connectivity index (χ2v) is 7.34. The largest absolute Gasteiger partial charge is 0.355 e. The van der Waals surface area contributed by atoms with E-state index in [1.54, 1.807) is 6.07 Å². The zero-order chi connectivity index (χ0) is 20.8. The van der Waals surface area contributed by atoms with Crippen LogP contribution in [0.3, 0.4) is 0 Å². The molecule has 4 aromatic rings. The first-order valence-electron chi connectivity index (χ1n) is 9.26. The third-order valence-corrected chi connectivity index (χ3v) is 5.12. The zero-order valence-electron chi connectivity index (χ0n) is 15.9. The first-order valence-corrected chi connectivity index (χ1v) is 10.1. The molecule has 2 amide bonds. The Labute approximate surface area is 176 Å². The van der Waals surface area contributed by atoms with E-state index in [1.165, 1.54) is 11.3 Å². The van der Waals surface area contributed by atoms with E-state index in [4.69, 9.17) is 4.52 Å². The molecule has 0 unspecified atom stereocenters. The highest BCUT2D eigenvalue weighted by atomic mass is 32.1. The van der Waals surface area contributed by atoms with Crippen LogP contribution in [0.5, 0.6) is 0 Å². The lowest BCUT2D eigenvalue weighted by atomic mass is 10.1. The van der Waals surface area contributed by atoms with E-state index in [-0.39, 0.29) is 18.1 Å². The Morgan fingerprint density at radius 3 is 2.37 bits per heavy atom. The van der Waals surface area contributed by atoms with Gasteiger partial charge >= 0.3 is 0 Å². The highest BCUT2D eigenvalue weighted by molar-refractivity contribution is 7.09. The number of nitrogens with one attached hydrogen (secondary N) is 2. The molecule has 2 aromatic carbocycles. The van der Waals surface area contributed by atoms with E-state index >= 15 is 0 Å². The van der Waals surface area contributed by atoms with E-state index in [0.29, 0.717) is 12.3 Å². The molecule has 8 heteroatoms. The minimum absolute atomic E-state index is 0.120. The highest BCUT2D eigenvalue weighted by Gasteiger charge is 2.14. The summed E-state index contributed by atoms with van der Waals surface area (Å²) < 4.78 is 5.20. The number of hydrogen-bond acceptors (Lipinski definition) is 6. The van der Waals surface area contributed by atoms with Crippen LogP contribution in [0.2, 0.25) is 0 Å². The Hall–Kier alpha value is -3.78. The lowest BCUT2D eigenvalue weighted by molar-refractivity contribution is -0.120. The van der Waals surface area contributed by atoms with Crippen LogP contribution in [-0.4, -0.2) is 28.5 Å². The molecule has 0 aliphatic carbocycles. The predicted molar refractivity (Wildman–Crippen MR) is 114 cm³/mol. The number of thiazole rings is 1. The van der Waals surface area contributed by atoms with Crippen LogP contribution in [0.25, 0.3) is 22.6 Å². The van der Waals surface area contributed by atoms with Crippen LogP contribution in [0.4, 0.5) is 0 Å². The fraction of sp³-hybridized carbons (Fsp3) is 0.0909. The molecular formula is C22H18N4O3S. The van der Waals surface area contributed by atoms with Crippen molar-refractivity contribution in [3.05, 3.63) is 82.8 Å². The van der Waals surface area contributed by atoms with Crippen LogP contribution in [0.15, 0.2) is 76.6 Å². The molecule has 0 aliphatic heterocycles. The minimum Gasteiger partial charge on any atom is -0.355 e. The van der Waals surface area contributed by atoms with Crippen molar-refractivity contribution in [3.63, 3.8) is 0 Å². The second kappa shape index (κ2) is 9.15. The van der Waals surface area contributed by atoms with Gasteiger partial charge in [-0.1, -0.05) is 65.8 Å². The SMILES string of the molecule is O=C(CNC(=O)c1cc(-c2ccccc2)on1)NCc1nc(-c2ccccc2)cs1. The Morgan fingerprint density at radius 2 is 1.63 bits per heavy atom. The van der Waals surface area contributed by atoms with Crippen molar-refractivity contribution in [2.75, 3.05) is 6.54 Å². The van der Waals surface area contributed by atoms with Crippen molar-refractivity contribution in [2.45, 2.75) is 6.54 Å². The van der Waals surface area contributed by atoms with Crippen molar-refractivity contribution in [1.82, 2.24) is 20.8 Å². The van der Waals surface area contributed by atoms with Crippen LogP contribution < -0.4 is 10.6 Å². The van der Waals surface area contributed by atoms with Crippen LogP contribution in [-0.2, 0) is 11.3 Å². The fourth-order valence-corrected chi connectivity index (χ4v) is 3.49. The molecule has 2 aromatic heterocycles. The molecule has 2 N–H and O–H groups in total. The number of aromatic nitrogens is 2. The molecule has 4 rings (SSSR count). The summed E-state index contributed by atoms with van der Waals surface area (Å²) in [5.74, 6) is -0.300. The van der Waals surface area contributed by atoms with E-state index in [1.807, 2.05) is 66.0 Å². The smallest absolute Gasteiger partial charge is 0.273 e. The molecule has 0 fully saturated rings. The Balaban J connectivity index is 1.26. The van der Waals surface area contributed by atoms with Crippen molar-refractivity contribution >= 4 is 23.2 Å². The maximum Gasteiger partial charge on any atom is 0.273 e. The summed E-state index contributed by atoms with van der Waals surface area (Å²) in [5.41, 5.74) is 2.84. The summed E-state index contributed by atoms with van der Waals surface area (Å²) in [6.45, 7) is 0.137. The number of amides is 2. The van der Waals surface area contributed by atoms with Gasteiger partial charge in [-0.3, -0.25) is 9.59 Å². The van der Waals surface area contributed by atoms with Gasteiger partial charge in [0, 0.05) is 22.6 Å². The Morgan fingerprint density at radius 1 is 0.933 bits per heavy atom. The molecule has 7 nitrogen and oxygen atoms in total. The summed E-state index contributed by atoms with van der Waals surface area (Å²) >= 11 is 1.47. The quantitative estimate of drug-likeness (QED) is 0.479. The summed E-state index contributed by atoms with van der Waals surface area (Å²) in [7, 11) is 0. The molecule has 0 spiro atoms. The Bertz CT molecular complexity index is 1140. The van der Waals surface area contributed by atoms with Crippen LogP contribution >= 0.6 is 11.3 Å². The van der Waals surface area contributed by atoms with Gasteiger partial charge < -0.3 is 15.2 Å². The van der Waals surface area contributed by atoms with Gasteiger partial charge in [-0.15, -0.1) is 11.3 Å². The standard InChI is InChI=1S/C22H18N4O3S/c27-20(23-13-21-25-18(14-30-21)15-7-3-1-4-8-15)12-24-22(28)17-11-19(29-26-17)16-9-5-2-6-10-16/h1-11,14H,12-13H2,(H,23,27)(H,24,28). The van der Waals surface area contributed by atoms with Crippen molar-refractivity contribution in [1.29, 1.82) is 0 Å². The molecule has 0 radical (unpaired) electrons. The summed E-state index contributed by atoms with van der Waals surface area (Å²) in [5, 5.41) is 11.8. The number of hydrogen-bond donors (Lipinski definition) is 2. The predicted octanol–water partition coefficient (Wildman–Crippen LogP) is 3.51. The Kier molecular flexibility index (Phi) is 5.95. The number of nitrogens with zero attached hydrogens (tertiary/aromatic N) is 2. The fourth-order valence-electron chi connectivity index (χ4n) is 2.74. The van der Waals surface area contributed by atoms with Gasteiger partial charge in [-0.25, -0.2) is 4.98 Å². The first-order chi connectivity index (χ1) is 14.7. The van der Waals surface area contributed by atoms with Gasteiger partial charge in [0.25, 0.3) is 5.91 Å². The molecule has 0 saturated carbocycles. The number of carbonyl (C=O) groups is 2. The van der Waals surface area contributed by atoms with E-state index < -0.39 is 5.91 Å². The van der Waals surface area contributed by atoms with E-state index in [9.17, 15) is 9.59 Å². The molecule has 150 valence electrons. The van der Waals surface area contributed by atoms with Gasteiger partial charge in [0.2, 0.25) is 5.91 Å². The maximum atomic E-state index is 12.2. The number of carbonyl (C=O) groups excluding carboxylic acids is 2. The molecular weight excluding hydrogens is 400 g/mol. The maximum absolute atomic E-state index is 12.2. The van der Waals surface area contributed by atoms with Crippen molar-refractivity contribution in [2.24, 2.45) is 0 Å². The lowest BCUT2D eigenvalue weighted by Gasteiger charge is -2.04. The van der Waals surface area contributed by atoms with Gasteiger partial charge in [0.05, 0.1) is 18.8 Å². The topological polar surface area (TPSA) is 97.1 Å². The third-order valence-electron chi connectivity index (χ3n) is 4.27. The van der Waals surface area contributed by atoms with Gasteiger partial charge in [0.15, 0.2) is 11.5 Å². The summed E-state index contributed by atoms with van der Waals surface area (Å²) in [6.07, 6.45) is 0. The van der Waals surface area contributed by atoms with E-state index in [2.05, 4.69) is 20.8 Å². The molecule has 0 aliphatic rings. The lowest BCUT2D eigenvalue weighted by Crippen LogP contribution is -2.36. The van der Waals surface area contributed by atoms with Crippen LogP contribution in [0, 0.1) is 0 Å². The average Bonchev–Trinajstić information content (AvgIpc) is 3.47. The molecule has 2 heterocycles. The van der Waals surface area contributed by atoms with Gasteiger partial charge in [0.1, 0.15) is 5.01 Å². The number of rotatable bonds is 7. The van der Waals surface area contributed by atoms with E-state index in [0.717, 1.165) is 21.8 Å². The first kappa shape index (κ1) is 19.5. The summed E-state index contributed by atoms with van der Waals surface area (Å²) in [4.78, 5) is 28.8.